The Morgan fingerprint density at radius 3 is 2.94 bits per heavy atom. The predicted octanol–water partition coefficient (Wildman–Crippen LogP) is 3.28. The van der Waals surface area contributed by atoms with Gasteiger partial charge in [-0.1, -0.05) is 17.7 Å². The Bertz CT molecular complexity index is 1310. The summed E-state index contributed by atoms with van der Waals surface area (Å²) in [6.45, 7) is 0.608. The van der Waals surface area contributed by atoms with Crippen LogP contribution in [-0.2, 0) is 26.1 Å². The van der Waals surface area contributed by atoms with Gasteiger partial charge in [0.25, 0.3) is 0 Å². The highest BCUT2D eigenvalue weighted by molar-refractivity contribution is 7.89. The molecule has 1 aromatic carbocycles. The van der Waals surface area contributed by atoms with Crippen LogP contribution < -0.4 is 4.72 Å². The van der Waals surface area contributed by atoms with Crippen LogP contribution in [0.25, 0.3) is 5.52 Å². The van der Waals surface area contributed by atoms with Crippen LogP contribution in [0.2, 0.25) is 5.02 Å². The number of fused-ring (bicyclic) bond motifs is 1. The Labute approximate surface area is 190 Å². The summed E-state index contributed by atoms with van der Waals surface area (Å²) in [7, 11) is -3.95. The Morgan fingerprint density at radius 1 is 1.34 bits per heavy atom. The summed E-state index contributed by atoms with van der Waals surface area (Å²) < 4.78 is 40.5. The molecular weight excluding hydrogens is 454 g/mol. The number of benzene rings is 1. The molecule has 1 N–H and O–H groups in total. The second-order valence-corrected chi connectivity index (χ2v) is 9.49. The molecule has 0 spiro atoms. The van der Waals surface area contributed by atoms with Gasteiger partial charge in [-0.15, -0.1) is 0 Å². The van der Waals surface area contributed by atoms with Crippen molar-refractivity contribution in [3.63, 3.8) is 0 Å². The van der Waals surface area contributed by atoms with Crippen LogP contribution in [0.3, 0.4) is 0 Å². The minimum absolute atomic E-state index is 0.00755. The Morgan fingerprint density at radius 2 is 2.19 bits per heavy atom. The fourth-order valence-corrected chi connectivity index (χ4v) is 5.15. The van der Waals surface area contributed by atoms with Crippen molar-refractivity contribution in [1.82, 2.24) is 9.12 Å². The number of carbonyl (C=O) groups is 1. The van der Waals surface area contributed by atoms with Gasteiger partial charge in [0.15, 0.2) is 0 Å². The average molecular weight is 474 g/mol. The number of nitrogens with one attached hydrogen (secondary N) is 1. The summed E-state index contributed by atoms with van der Waals surface area (Å²) in [5.74, 6) is -0.726. The van der Waals surface area contributed by atoms with E-state index in [1.54, 1.807) is 22.9 Å². The SMILES string of the molecule is N#Cc1c(COC(=O)c2ccc(Cl)c(S(=O)(=O)NC[C@@H]3CCCO3)c2)cn2ccccc12. The number of halogens is 1. The van der Waals surface area contributed by atoms with Gasteiger partial charge in [-0.2, -0.15) is 5.26 Å². The standard InChI is InChI=1S/C22H20ClN3O5S/c23-19-7-6-15(10-21(19)32(28,29)25-12-17-4-3-9-30-17)22(27)31-14-16-13-26-8-2-1-5-20(26)18(16)11-24/h1-2,5-8,10,13,17,25H,3-4,9,12,14H2/t17-/m0/s1. The number of nitrogens with zero attached hydrogens (tertiary/aromatic N) is 2. The molecule has 1 aliphatic heterocycles. The van der Waals surface area contributed by atoms with E-state index in [2.05, 4.69) is 10.8 Å². The van der Waals surface area contributed by atoms with Crippen LogP contribution in [0.4, 0.5) is 0 Å². The molecule has 0 unspecified atom stereocenters. The van der Waals surface area contributed by atoms with Crippen LogP contribution in [-0.4, -0.2) is 38.0 Å². The van der Waals surface area contributed by atoms with E-state index in [0.717, 1.165) is 12.8 Å². The summed E-state index contributed by atoms with van der Waals surface area (Å²) in [6, 6.07) is 11.5. The fraction of sp³-hybridized carbons (Fsp3) is 0.273. The first-order chi connectivity index (χ1) is 15.4. The van der Waals surface area contributed by atoms with Crippen LogP contribution in [0.15, 0.2) is 53.7 Å². The largest absolute Gasteiger partial charge is 0.457 e. The molecule has 10 heteroatoms. The first-order valence-electron chi connectivity index (χ1n) is 9.95. The molecule has 0 aliphatic carbocycles. The first kappa shape index (κ1) is 22.3. The highest BCUT2D eigenvalue weighted by Gasteiger charge is 2.24. The molecule has 4 rings (SSSR count). The van der Waals surface area contributed by atoms with Gasteiger partial charge in [-0.25, -0.2) is 17.9 Å². The van der Waals surface area contributed by atoms with Crippen LogP contribution in [0.5, 0.6) is 0 Å². The Hall–Kier alpha value is -2.90. The lowest BCUT2D eigenvalue weighted by Crippen LogP contribution is -2.32. The van der Waals surface area contributed by atoms with Crippen molar-refractivity contribution in [3.8, 4) is 6.07 Å². The van der Waals surface area contributed by atoms with Gasteiger partial charge in [0.1, 0.15) is 17.6 Å². The average Bonchev–Trinajstić information content (AvgIpc) is 3.43. The van der Waals surface area contributed by atoms with Crippen molar-refractivity contribution in [2.45, 2.75) is 30.4 Å². The number of aromatic nitrogens is 1. The van der Waals surface area contributed by atoms with E-state index in [9.17, 15) is 18.5 Å². The maximum absolute atomic E-state index is 12.7. The smallest absolute Gasteiger partial charge is 0.338 e. The van der Waals surface area contributed by atoms with Crippen molar-refractivity contribution in [2.24, 2.45) is 0 Å². The maximum Gasteiger partial charge on any atom is 0.338 e. The summed E-state index contributed by atoms with van der Waals surface area (Å²) in [5.41, 5.74) is 1.70. The topological polar surface area (TPSA) is 110 Å². The van der Waals surface area contributed by atoms with E-state index >= 15 is 0 Å². The van der Waals surface area contributed by atoms with E-state index in [1.807, 2.05) is 12.1 Å². The summed E-state index contributed by atoms with van der Waals surface area (Å²) in [4.78, 5) is 12.4. The third kappa shape index (κ3) is 4.64. The van der Waals surface area contributed by atoms with Crippen molar-refractivity contribution in [2.75, 3.05) is 13.2 Å². The molecule has 166 valence electrons. The maximum atomic E-state index is 12.7. The van der Waals surface area contributed by atoms with Gasteiger partial charge in [0.05, 0.1) is 27.8 Å². The lowest BCUT2D eigenvalue weighted by Gasteiger charge is -2.13. The van der Waals surface area contributed by atoms with Gasteiger partial charge < -0.3 is 13.9 Å². The van der Waals surface area contributed by atoms with Gasteiger partial charge in [-0.05, 0) is 43.2 Å². The van der Waals surface area contributed by atoms with E-state index in [0.29, 0.717) is 23.3 Å². The molecule has 0 amide bonds. The molecule has 1 atom stereocenters. The third-order valence-electron chi connectivity index (χ3n) is 5.21. The normalized spacial score (nSPS) is 16.2. The zero-order valence-corrected chi connectivity index (χ0v) is 18.5. The van der Waals surface area contributed by atoms with Gasteiger partial charge >= 0.3 is 5.97 Å². The number of hydrogen-bond donors (Lipinski definition) is 1. The first-order valence-corrected chi connectivity index (χ1v) is 11.8. The number of nitriles is 1. The Balaban J connectivity index is 1.49. The number of sulfonamides is 1. The number of rotatable bonds is 7. The molecule has 1 fully saturated rings. The molecule has 3 heterocycles. The number of pyridine rings is 1. The lowest BCUT2D eigenvalue weighted by molar-refractivity contribution is 0.0472. The predicted molar refractivity (Wildman–Crippen MR) is 117 cm³/mol. The van der Waals surface area contributed by atoms with Crippen molar-refractivity contribution >= 4 is 33.1 Å². The monoisotopic (exact) mass is 473 g/mol. The summed E-state index contributed by atoms with van der Waals surface area (Å²) in [5, 5.41) is 9.46. The zero-order valence-electron chi connectivity index (χ0n) is 17.0. The number of esters is 1. The quantitative estimate of drug-likeness (QED) is 0.527. The molecular formula is C22H20ClN3O5S. The van der Waals surface area contributed by atoms with Crippen LogP contribution in [0, 0.1) is 11.3 Å². The van der Waals surface area contributed by atoms with E-state index in [4.69, 9.17) is 21.1 Å². The van der Waals surface area contributed by atoms with Crippen molar-refractivity contribution < 1.29 is 22.7 Å². The second-order valence-electron chi connectivity index (χ2n) is 7.34. The van der Waals surface area contributed by atoms with Gasteiger partial charge in [-0.3, -0.25) is 0 Å². The molecule has 2 aromatic heterocycles. The number of ether oxygens (including phenoxy) is 2. The molecule has 1 aliphatic rings. The summed E-state index contributed by atoms with van der Waals surface area (Å²) in [6.07, 6.45) is 5.00. The van der Waals surface area contributed by atoms with Crippen LogP contribution in [0.1, 0.15) is 34.3 Å². The van der Waals surface area contributed by atoms with E-state index in [1.165, 1.54) is 18.2 Å². The lowest BCUT2D eigenvalue weighted by atomic mass is 10.2. The third-order valence-corrected chi connectivity index (χ3v) is 7.12. The van der Waals surface area contributed by atoms with Crippen molar-refractivity contribution in [3.05, 3.63) is 70.5 Å². The van der Waals surface area contributed by atoms with Gasteiger partial charge in [0, 0.05) is 31.1 Å². The Kier molecular flexibility index (Phi) is 6.48. The van der Waals surface area contributed by atoms with Crippen molar-refractivity contribution in [1.29, 1.82) is 5.26 Å². The molecule has 0 radical (unpaired) electrons. The zero-order chi connectivity index (χ0) is 22.7. The minimum Gasteiger partial charge on any atom is -0.457 e. The molecule has 32 heavy (non-hydrogen) atoms. The van der Waals surface area contributed by atoms with Gasteiger partial charge in [0.2, 0.25) is 10.0 Å². The molecule has 0 bridgehead atoms. The van der Waals surface area contributed by atoms with Crippen LogP contribution >= 0.6 is 11.6 Å². The van der Waals surface area contributed by atoms with E-state index < -0.39 is 16.0 Å². The molecule has 0 saturated carbocycles. The number of hydrogen-bond acceptors (Lipinski definition) is 6. The highest BCUT2D eigenvalue weighted by Crippen LogP contribution is 2.24. The van der Waals surface area contributed by atoms with E-state index in [-0.39, 0.29) is 34.7 Å². The molecule has 8 nitrogen and oxygen atoms in total. The number of carbonyl (C=O) groups excluding carboxylic acids is 1. The fourth-order valence-electron chi connectivity index (χ4n) is 3.56. The highest BCUT2D eigenvalue weighted by atomic mass is 35.5. The minimum atomic E-state index is -3.95. The molecule has 3 aromatic rings. The second kappa shape index (κ2) is 9.30. The molecule has 1 saturated heterocycles. The summed E-state index contributed by atoms with van der Waals surface area (Å²) >= 11 is 6.10.